The highest BCUT2D eigenvalue weighted by Gasteiger charge is 2.09. The van der Waals surface area contributed by atoms with Crippen molar-refractivity contribution < 1.29 is 0 Å². The molecule has 0 aliphatic heterocycles. The molecule has 0 unspecified atom stereocenters. The van der Waals surface area contributed by atoms with Gasteiger partial charge in [-0.1, -0.05) is 13.8 Å². The highest BCUT2D eigenvalue weighted by molar-refractivity contribution is 5.38. The van der Waals surface area contributed by atoms with Crippen LogP contribution in [-0.2, 0) is 0 Å². The molecule has 0 spiro atoms. The van der Waals surface area contributed by atoms with E-state index in [9.17, 15) is 9.59 Å². The summed E-state index contributed by atoms with van der Waals surface area (Å²) in [6.07, 6.45) is 0. The quantitative estimate of drug-likeness (QED) is 0.542. The zero-order valence-electron chi connectivity index (χ0n) is 6.97. The minimum atomic E-state index is -0.568. The molecule has 0 bridgehead atoms. The van der Waals surface area contributed by atoms with Crippen LogP contribution in [0, 0.1) is 0 Å². The van der Waals surface area contributed by atoms with E-state index in [2.05, 4.69) is 9.97 Å². The summed E-state index contributed by atoms with van der Waals surface area (Å²) < 4.78 is 0. The van der Waals surface area contributed by atoms with Crippen LogP contribution in [0.5, 0.6) is 0 Å². The van der Waals surface area contributed by atoms with Gasteiger partial charge < -0.3 is 5.73 Å². The van der Waals surface area contributed by atoms with Gasteiger partial charge in [-0.15, -0.1) is 0 Å². The highest BCUT2D eigenvalue weighted by Crippen LogP contribution is 2.12. The molecule has 5 nitrogen and oxygen atoms in total. The van der Waals surface area contributed by atoms with Gasteiger partial charge >= 0.3 is 5.69 Å². The topological polar surface area (TPSA) is 91.7 Å². The number of H-pyrrole nitrogens is 2. The van der Waals surface area contributed by atoms with E-state index in [1.54, 1.807) is 0 Å². The Morgan fingerprint density at radius 3 is 2.25 bits per heavy atom. The molecule has 0 saturated carbocycles. The third kappa shape index (κ3) is 1.39. The molecule has 12 heavy (non-hydrogen) atoms. The summed E-state index contributed by atoms with van der Waals surface area (Å²) in [6, 6.07) is 0. The second kappa shape index (κ2) is 2.84. The minimum Gasteiger partial charge on any atom is -0.385 e. The zero-order chi connectivity index (χ0) is 9.30. The zero-order valence-corrected chi connectivity index (χ0v) is 6.97. The van der Waals surface area contributed by atoms with Gasteiger partial charge in [0.1, 0.15) is 5.82 Å². The van der Waals surface area contributed by atoms with Gasteiger partial charge in [-0.2, -0.15) is 0 Å². The molecule has 1 heterocycles. The lowest BCUT2D eigenvalue weighted by atomic mass is 10.1. The molecule has 0 atom stereocenters. The summed E-state index contributed by atoms with van der Waals surface area (Å²) in [4.78, 5) is 26.3. The van der Waals surface area contributed by atoms with Crippen molar-refractivity contribution in [2.75, 3.05) is 5.73 Å². The van der Waals surface area contributed by atoms with Crippen LogP contribution in [-0.4, -0.2) is 9.97 Å². The summed E-state index contributed by atoms with van der Waals surface area (Å²) in [5.74, 6) is 0.157. The van der Waals surface area contributed by atoms with Crippen molar-refractivity contribution in [1.29, 1.82) is 0 Å². The number of aromatic amines is 2. The van der Waals surface area contributed by atoms with Crippen LogP contribution in [0.15, 0.2) is 9.59 Å². The van der Waals surface area contributed by atoms with E-state index >= 15 is 0 Å². The van der Waals surface area contributed by atoms with E-state index in [0.29, 0.717) is 5.56 Å². The van der Waals surface area contributed by atoms with Crippen molar-refractivity contribution in [2.45, 2.75) is 19.8 Å². The van der Waals surface area contributed by atoms with Crippen molar-refractivity contribution >= 4 is 5.82 Å². The molecule has 1 aromatic rings. The number of anilines is 1. The van der Waals surface area contributed by atoms with E-state index in [0.717, 1.165) is 0 Å². The molecular formula is C7H11N3O2. The maximum atomic E-state index is 11.1. The first-order valence-electron chi connectivity index (χ1n) is 3.64. The Morgan fingerprint density at radius 2 is 1.83 bits per heavy atom. The Balaban J connectivity index is 3.49. The molecule has 0 aliphatic rings. The minimum absolute atomic E-state index is 0.00519. The fraction of sp³-hybridized carbons (Fsp3) is 0.429. The first-order valence-corrected chi connectivity index (χ1v) is 3.64. The van der Waals surface area contributed by atoms with Gasteiger partial charge in [0, 0.05) is 0 Å². The van der Waals surface area contributed by atoms with Crippen molar-refractivity contribution in [3.63, 3.8) is 0 Å². The van der Waals surface area contributed by atoms with Crippen LogP contribution in [0.1, 0.15) is 25.3 Å². The lowest BCUT2D eigenvalue weighted by Crippen LogP contribution is -2.27. The van der Waals surface area contributed by atoms with Gasteiger partial charge in [0.15, 0.2) is 0 Å². The van der Waals surface area contributed by atoms with Crippen LogP contribution < -0.4 is 17.0 Å². The third-order valence-electron chi connectivity index (χ3n) is 1.59. The van der Waals surface area contributed by atoms with Gasteiger partial charge in [0.2, 0.25) is 0 Å². The molecule has 0 radical (unpaired) electrons. The van der Waals surface area contributed by atoms with Crippen molar-refractivity contribution in [3.05, 3.63) is 26.4 Å². The Hall–Kier alpha value is -1.52. The first kappa shape index (κ1) is 8.58. The maximum absolute atomic E-state index is 11.1. The van der Waals surface area contributed by atoms with E-state index in [1.807, 2.05) is 13.8 Å². The lowest BCUT2D eigenvalue weighted by Gasteiger charge is -2.05. The molecule has 0 fully saturated rings. The molecule has 0 aliphatic carbocycles. The molecule has 4 N–H and O–H groups in total. The number of aromatic nitrogens is 2. The van der Waals surface area contributed by atoms with E-state index < -0.39 is 11.2 Å². The first-order chi connectivity index (χ1) is 5.52. The summed E-state index contributed by atoms with van der Waals surface area (Å²) in [5, 5.41) is 0. The van der Waals surface area contributed by atoms with Gasteiger partial charge in [-0.25, -0.2) is 4.79 Å². The molecule has 0 saturated heterocycles. The van der Waals surface area contributed by atoms with Gasteiger partial charge in [0.25, 0.3) is 5.56 Å². The lowest BCUT2D eigenvalue weighted by molar-refractivity contribution is 0.827. The molecule has 0 aromatic carbocycles. The average molecular weight is 169 g/mol. The number of rotatable bonds is 1. The molecule has 1 aromatic heterocycles. The van der Waals surface area contributed by atoms with Crippen molar-refractivity contribution in [3.8, 4) is 0 Å². The standard InChI is InChI=1S/C7H11N3O2/c1-3(2)4-5(8)9-7(12)10-6(4)11/h3H,1-2H3,(H4,8,9,10,11,12). The van der Waals surface area contributed by atoms with Crippen molar-refractivity contribution in [2.24, 2.45) is 0 Å². The Labute approximate surface area is 68.6 Å². The fourth-order valence-corrected chi connectivity index (χ4v) is 1.09. The molecule has 1 rings (SSSR count). The van der Waals surface area contributed by atoms with Crippen LogP contribution in [0.2, 0.25) is 0 Å². The van der Waals surface area contributed by atoms with E-state index in [-0.39, 0.29) is 11.7 Å². The summed E-state index contributed by atoms with van der Waals surface area (Å²) >= 11 is 0. The number of hydrogen-bond acceptors (Lipinski definition) is 3. The number of nitrogens with two attached hydrogens (primary N) is 1. The summed E-state index contributed by atoms with van der Waals surface area (Å²) in [6.45, 7) is 3.67. The predicted molar refractivity (Wildman–Crippen MR) is 46.2 cm³/mol. The van der Waals surface area contributed by atoms with E-state index in [1.165, 1.54) is 0 Å². The summed E-state index contributed by atoms with van der Waals surface area (Å²) in [5.41, 5.74) is 4.89. The summed E-state index contributed by atoms with van der Waals surface area (Å²) in [7, 11) is 0. The van der Waals surface area contributed by atoms with Crippen molar-refractivity contribution in [1.82, 2.24) is 9.97 Å². The fourth-order valence-electron chi connectivity index (χ4n) is 1.09. The Morgan fingerprint density at radius 1 is 1.25 bits per heavy atom. The van der Waals surface area contributed by atoms with Gasteiger partial charge in [-0.05, 0) is 5.92 Å². The van der Waals surface area contributed by atoms with Gasteiger partial charge in [-0.3, -0.25) is 14.8 Å². The molecule has 5 heteroatoms. The number of hydrogen-bond donors (Lipinski definition) is 3. The smallest absolute Gasteiger partial charge is 0.327 e. The Bertz CT molecular complexity index is 388. The molecular weight excluding hydrogens is 158 g/mol. The largest absolute Gasteiger partial charge is 0.385 e. The number of nitrogen functional groups attached to an aromatic ring is 1. The number of nitrogens with one attached hydrogen (secondary N) is 2. The predicted octanol–water partition coefficient (Wildman–Crippen LogP) is -0.231. The average Bonchev–Trinajstić information content (AvgIpc) is 1.82. The van der Waals surface area contributed by atoms with Crippen LogP contribution in [0.25, 0.3) is 0 Å². The highest BCUT2D eigenvalue weighted by atomic mass is 16.2. The monoisotopic (exact) mass is 169 g/mol. The second-order valence-electron chi connectivity index (χ2n) is 2.89. The Kier molecular flexibility index (Phi) is 2.03. The molecule has 0 amide bonds. The third-order valence-corrected chi connectivity index (χ3v) is 1.59. The maximum Gasteiger partial charge on any atom is 0.327 e. The van der Waals surface area contributed by atoms with Gasteiger partial charge in [0.05, 0.1) is 5.56 Å². The SMILES string of the molecule is CC(C)c1c(N)[nH]c(=O)[nH]c1=O. The van der Waals surface area contributed by atoms with Crippen LogP contribution in [0.3, 0.4) is 0 Å². The van der Waals surface area contributed by atoms with Crippen LogP contribution >= 0.6 is 0 Å². The molecule has 66 valence electrons. The second-order valence-corrected chi connectivity index (χ2v) is 2.89. The van der Waals surface area contributed by atoms with Crippen LogP contribution in [0.4, 0.5) is 5.82 Å². The normalized spacial score (nSPS) is 10.6. The van der Waals surface area contributed by atoms with E-state index in [4.69, 9.17) is 5.73 Å².